The van der Waals surface area contributed by atoms with Gasteiger partial charge in [-0.15, -0.1) is 0 Å². The molecule has 0 rings (SSSR count). The Morgan fingerprint density at radius 3 is 0.500 bits per heavy atom. The van der Waals surface area contributed by atoms with Gasteiger partial charge in [-0.1, -0.05) is 0 Å². The molecule has 0 aromatic rings. The van der Waals surface area contributed by atoms with Gasteiger partial charge in [-0.05, 0) is 0 Å². The van der Waals surface area contributed by atoms with Crippen LogP contribution in [0, 0.1) is 0 Å². The van der Waals surface area contributed by atoms with E-state index in [0.717, 1.165) is 0 Å². The van der Waals surface area contributed by atoms with Gasteiger partial charge in [0.1, 0.15) is 0 Å². The smallest absolute Gasteiger partial charge is 0 e. The fourth-order valence-electron chi connectivity index (χ4n) is 0. The van der Waals surface area contributed by atoms with Gasteiger partial charge in [-0.2, -0.15) is 0 Å². The zero-order chi connectivity index (χ0) is 0. The summed E-state index contributed by atoms with van der Waals surface area (Å²) in [6.07, 6.45) is 0. The second-order valence-electron chi connectivity index (χ2n) is 0. The summed E-state index contributed by atoms with van der Waals surface area (Å²) >= 11 is 0. The molecule has 6 heteroatoms. The van der Waals surface area contributed by atoms with Crippen LogP contribution in [0.2, 0.25) is 0 Å². The second kappa shape index (κ2) is 464. The summed E-state index contributed by atoms with van der Waals surface area (Å²) in [6.45, 7) is 0. The largest absolute Gasteiger partial charge is 0.870 e. The average molecular weight is 280 g/mol. The maximum Gasteiger partial charge on any atom is 0 e. The Morgan fingerprint density at radius 2 is 0.500 bits per heavy atom. The van der Waals surface area contributed by atoms with E-state index < -0.39 is 0 Å². The molecule has 50 valence electrons. The molecule has 6 heavy (non-hydrogen) atoms. The summed E-state index contributed by atoms with van der Waals surface area (Å²) in [7, 11) is 0. The van der Waals surface area contributed by atoms with Gasteiger partial charge < -0.3 is 30.1 Å². The molecule has 0 saturated carbocycles. The van der Waals surface area contributed by atoms with E-state index in [1.165, 1.54) is 0 Å². The van der Waals surface area contributed by atoms with Crippen molar-refractivity contribution < 1.29 is 26.5 Å². The minimum atomic E-state index is 0. The predicted molar refractivity (Wildman–Crippen MR) is 22.0 cm³/mol. The van der Waals surface area contributed by atoms with Crippen LogP contribution in [0.4, 0.5) is 0 Å². The van der Waals surface area contributed by atoms with Crippen LogP contribution >= 0.6 is 0 Å². The molecule has 0 atom stereocenters. The monoisotopic (exact) mass is 280 g/mol. The van der Waals surface area contributed by atoms with Crippen LogP contribution in [-0.4, -0.2) is 5.48 Å². The zero-order valence-corrected chi connectivity index (χ0v) is 5.86. The molecule has 5 nitrogen and oxygen atoms in total. The van der Waals surface area contributed by atoms with Crippen LogP contribution in [-0.2, 0) is 21.1 Å². The zero-order valence-electron chi connectivity index (χ0n) is 3.59. The van der Waals surface area contributed by atoms with E-state index in [9.17, 15) is 0 Å². The van der Waals surface area contributed by atoms with Gasteiger partial charge in [0.25, 0.3) is 0 Å². The van der Waals surface area contributed by atoms with E-state index >= 15 is 0 Å². The molecule has 0 bridgehead atoms. The summed E-state index contributed by atoms with van der Waals surface area (Å²) in [5, 5.41) is 0. The Hall–Kier alpha value is 0.488. The average Bonchev–Trinajstić information content (AvgIpc) is 0. The van der Waals surface area contributed by atoms with Crippen LogP contribution in [0.3, 0.4) is 0 Å². The Morgan fingerprint density at radius 1 is 0.500 bits per heavy atom. The summed E-state index contributed by atoms with van der Waals surface area (Å²) < 4.78 is 0. The van der Waals surface area contributed by atoms with Crippen LogP contribution < -0.4 is 24.6 Å². The van der Waals surface area contributed by atoms with Gasteiger partial charge in [0.05, 0.1) is 0 Å². The Balaban J connectivity index is 0. The van der Waals surface area contributed by atoms with Gasteiger partial charge in [0.15, 0.2) is 0 Å². The SMILES string of the molecule is N.N.N.N.[OH-].[Pt]. The van der Waals surface area contributed by atoms with Gasteiger partial charge in [-0.25, -0.2) is 0 Å². The molecule has 0 aromatic carbocycles. The fourth-order valence-corrected chi connectivity index (χ4v) is 0. The molecular formula is H13N4OPt-. The first-order valence-electron chi connectivity index (χ1n) is 0. The third kappa shape index (κ3) is 229. The van der Waals surface area contributed by atoms with Crippen LogP contribution in [0.25, 0.3) is 0 Å². The van der Waals surface area contributed by atoms with Gasteiger partial charge in [-0.3, -0.25) is 0 Å². The molecular weight excluding hydrogens is 267 g/mol. The molecule has 13 N–H and O–H groups in total. The molecule has 0 saturated heterocycles. The first-order valence-corrected chi connectivity index (χ1v) is 0. The molecule has 0 aliphatic heterocycles. The maximum absolute atomic E-state index is 0. The van der Waals surface area contributed by atoms with Crippen molar-refractivity contribution in [2.24, 2.45) is 0 Å². The standard InChI is InChI=1S/4H3N.H2O.Pt/h4*1H3;1H2;/p-1. The minimum Gasteiger partial charge on any atom is -0.870 e. The summed E-state index contributed by atoms with van der Waals surface area (Å²) in [5.41, 5.74) is 0. The molecule has 0 aliphatic rings. The molecule has 0 amide bonds. The third-order valence-corrected chi connectivity index (χ3v) is 0. The van der Waals surface area contributed by atoms with Crippen molar-refractivity contribution in [3.63, 3.8) is 0 Å². The number of hydrogen-bond donors (Lipinski definition) is 4. The van der Waals surface area contributed by atoms with Crippen LogP contribution in [0.1, 0.15) is 0 Å². The first kappa shape index (κ1) is 820. The van der Waals surface area contributed by atoms with Gasteiger partial charge >= 0.3 is 0 Å². The van der Waals surface area contributed by atoms with Crippen LogP contribution in [0.15, 0.2) is 0 Å². The van der Waals surface area contributed by atoms with E-state index in [4.69, 9.17) is 0 Å². The molecule has 0 radical (unpaired) electrons. The molecule has 0 unspecified atom stereocenters. The Labute approximate surface area is 51.8 Å². The topological polar surface area (TPSA) is 170 Å². The van der Waals surface area contributed by atoms with E-state index in [0.29, 0.717) is 0 Å². The maximum atomic E-state index is 0. The summed E-state index contributed by atoms with van der Waals surface area (Å²) in [4.78, 5) is 0. The van der Waals surface area contributed by atoms with E-state index in [-0.39, 0.29) is 51.1 Å². The minimum absolute atomic E-state index is 0. The molecule has 0 spiro atoms. The van der Waals surface area contributed by atoms with Crippen molar-refractivity contribution in [3.05, 3.63) is 0 Å². The van der Waals surface area contributed by atoms with E-state index in [1.54, 1.807) is 0 Å². The van der Waals surface area contributed by atoms with Crippen molar-refractivity contribution in [2.75, 3.05) is 0 Å². The molecule has 0 aromatic heterocycles. The van der Waals surface area contributed by atoms with Gasteiger partial charge in [0.2, 0.25) is 0 Å². The molecule has 0 heterocycles. The van der Waals surface area contributed by atoms with Crippen molar-refractivity contribution in [2.45, 2.75) is 0 Å². The fraction of sp³-hybridized carbons (Fsp3) is 0. The first-order chi connectivity index (χ1) is 0. The second-order valence-corrected chi connectivity index (χ2v) is 0. The number of hydrogen-bond acceptors (Lipinski definition) is 5. The summed E-state index contributed by atoms with van der Waals surface area (Å²) in [5.74, 6) is 0. The van der Waals surface area contributed by atoms with Crippen molar-refractivity contribution in [1.29, 1.82) is 0 Å². The van der Waals surface area contributed by atoms with Crippen molar-refractivity contribution in [3.8, 4) is 0 Å². The predicted octanol–water partition coefficient (Wildman–Crippen LogP) is 0.469. The van der Waals surface area contributed by atoms with E-state index in [1.807, 2.05) is 0 Å². The summed E-state index contributed by atoms with van der Waals surface area (Å²) in [6, 6.07) is 0. The van der Waals surface area contributed by atoms with Crippen molar-refractivity contribution in [1.82, 2.24) is 24.6 Å². The third-order valence-electron chi connectivity index (χ3n) is 0. The Kier molecular flexibility index (Phi) is 63300. The normalized spacial score (nSPS) is 0. The van der Waals surface area contributed by atoms with Crippen LogP contribution in [0.5, 0.6) is 0 Å². The quantitative estimate of drug-likeness (QED) is 0.504. The van der Waals surface area contributed by atoms with E-state index in [2.05, 4.69) is 0 Å². The number of rotatable bonds is 0. The Bertz CT molecular complexity index is 7.51. The van der Waals surface area contributed by atoms with Crippen molar-refractivity contribution >= 4 is 0 Å². The van der Waals surface area contributed by atoms with Gasteiger partial charge in [0, 0.05) is 21.1 Å². The molecule has 0 fully saturated rings. The molecule has 0 aliphatic carbocycles.